The Labute approximate surface area is 247 Å². The van der Waals surface area contributed by atoms with Crippen molar-refractivity contribution in [2.24, 2.45) is 0 Å². The quantitative estimate of drug-likeness (QED) is 0.0660. The van der Waals surface area contributed by atoms with Crippen molar-refractivity contribution >= 4 is 39.5 Å². The number of nitrogens with zero attached hydrogens (tertiary/aromatic N) is 1. The summed E-state index contributed by atoms with van der Waals surface area (Å²) in [6, 6.07) is 37.3. The third-order valence-corrected chi connectivity index (χ3v) is 7.70. The zero-order chi connectivity index (χ0) is 29.3. The minimum Gasteiger partial charge on any atom is -0.475 e. The predicted molar refractivity (Wildman–Crippen MR) is 172 cm³/mol. The van der Waals surface area contributed by atoms with Crippen molar-refractivity contribution in [2.75, 3.05) is 11.9 Å². The van der Waals surface area contributed by atoms with E-state index >= 15 is 0 Å². The number of fused-ring (bicyclic) bond motifs is 1. The zero-order valence-electron chi connectivity index (χ0n) is 23.9. The van der Waals surface area contributed by atoms with Crippen LogP contribution in [0.25, 0.3) is 22.0 Å². The van der Waals surface area contributed by atoms with Crippen LogP contribution in [0.2, 0.25) is 0 Å². The molecule has 4 aromatic carbocycles. The summed E-state index contributed by atoms with van der Waals surface area (Å²) in [6.45, 7) is 3.84. The molecule has 0 fully saturated rings. The molecule has 0 saturated heterocycles. The van der Waals surface area contributed by atoms with E-state index in [2.05, 4.69) is 91.1 Å². The number of benzene rings is 4. The molecule has 2 N–H and O–H groups in total. The number of ketones is 1. The molecule has 0 radical (unpaired) electrons. The number of carboxylic acid groups (broad SMARTS) is 1. The Hall–Kier alpha value is -4.90. The van der Waals surface area contributed by atoms with Crippen LogP contribution >= 0.6 is 0 Å². The zero-order valence-corrected chi connectivity index (χ0v) is 23.9. The predicted octanol–water partition coefficient (Wildman–Crippen LogP) is 8.56. The van der Waals surface area contributed by atoms with Crippen molar-refractivity contribution < 1.29 is 14.7 Å². The molecule has 0 saturated carbocycles. The second kappa shape index (κ2) is 13.6. The normalized spacial score (nSPS) is 11.7. The topological polar surface area (TPSA) is 71.3 Å². The van der Waals surface area contributed by atoms with E-state index in [9.17, 15) is 9.59 Å². The molecule has 0 spiro atoms. The summed E-state index contributed by atoms with van der Waals surface area (Å²) < 4.78 is 2.00. The number of nitrogens with one attached hydrogen (secondary N) is 1. The van der Waals surface area contributed by atoms with Crippen LogP contribution in [0.3, 0.4) is 0 Å². The minimum absolute atomic E-state index is 0.259. The van der Waals surface area contributed by atoms with Gasteiger partial charge in [-0.3, -0.25) is 4.79 Å². The second-order valence-corrected chi connectivity index (χ2v) is 10.5. The van der Waals surface area contributed by atoms with E-state index in [1.165, 1.54) is 27.8 Å². The Morgan fingerprint density at radius 3 is 1.98 bits per heavy atom. The Balaban J connectivity index is 1.14. The Bertz CT molecular complexity index is 1680. The average Bonchev–Trinajstić information content (AvgIpc) is 3.40. The lowest BCUT2D eigenvalue weighted by atomic mass is 9.90. The molecule has 1 aromatic heterocycles. The molecule has 0 amide bonds. The van der Waals surface area contributed by atoms with Crippen LogP contribution in [0.1, 0.15) is 59.7 Å². The second-order valence-electron chi connectivity index (χ2n) is 10.5. The molecule has 0 unspecified atom stereocenters. The van der Waals surface area contributed by atoms with Gasteiger partial charge < -0.3 is 15.0 Å². The molecule has 5 heteroatoms. The standard InChI is InChI=1S/C37H36N2O3/c1-27(28-14-6-4-7-15-28)35(29-16-8-5-9-17-29)30-20-22-31(23-21-30)38-24-12-2-3-13-25-39-26-33(36(40)37(41)42)32-18-10-11-19-34(32)39/h4-11,14-23,26,38H,2-3,12-13,24-25H2,1H3,(H,41,42). The van der Waals surface area contributed by atoms with Gasteiger partial charge in [-0.25, -0.2) is 4.79 Å². The average molecular weight is 557 g/mol. The summed E-state index contributed by atoms with van der Waals surface area (Å²) in [5, 5.41) is 13.4. The highest BCUT2D eigenvalue weighted by molar-refractivity contribution is 6.42. The molecule has 1 heterocycles. The Morgan fingerprint density at radius 2 is 1.29 bits per heavy atom. The van der Waals surface area contributed by atoms with Gasteiger partial charge in [0.25, 0.3) is 5.78 Å². The lowest BCUT2D eigenvalue weighted by Crippen LogP contribution is -2.12. The van der Waals surface area contributed by atoms with Crippen molar-refractivity contribution in [3.8, 4) is 0 Å². The Morgan fingerprint density at radius 1 is 0.690 bits per heavy atom. The number of unbranched alkanes of at least 4 members (excludes halogenated alkanes) is 3. The molecule has 212 valence electrons. The number of carbonyl (C=O) groups excluding carboxylic acids is 1. The van der Waals surface area contributed by atoms with Crippen LogP contribution in [0.4, 0.5) is 5.69 Å². The summed E-state index contributed by atoms with van der Waals surface area (Å²) in [6.07, 6.45) is 5.84. The number of anilines is 1. The SMILES string of the molecule is CC(=C(c1ccccc1)c1ccc(NCCCCCCn2cc(C(=O)C(=O)O)c3ccccc32)cc1)c1ccccc1. The van der Waals surface area contributed by atoms with E-state index in [0.717, 1.165) is 50.0 Å². The summed E-state index contributed by atoms with van der Waals surface area (Å²) in [4.78, 5) is 23.4. The number of aryl methyl sites for hydroxylation is 1. The number of allylic oxidation sites excluding steroid dienone is 1. The largest absolute Gasteiger partial charge is 0.475 e. The number of carboxylic acids is 1. The first kappa shape index (κ1) is 28.6. The molecule has 5 nitrogen and oxygen atoms in total. The highest BCUT2D eigenvalue weighted by Gasteiger charge is 2.20. The van der Waals surface area contributed by atoms with E-state index in [1.54, 1.807) is 6.20 Å². The van der Waals surface area contributed by atoms with Crippen molar-refractivity contribution in [3.05, 3.63) is 138 Å². The first-order valence-corrected chi connectivity index (χ1v) is 14.5. The van der Waals surface area contributed by atoms with Crippen LogP contribution in [0.5, 0.6) is 0 Å². The lowest BCUT2D eigenvalue weighted by Gasteiger charge is -2.15. The van der Waals surface area contributed by atoms with Gasteiger partial charge in [0.1, 0.15) is 0 Å². The molecule has 0 aliphatic carbocycles. The van der Waals surface area contributed by atoms with Crippen molar-refractivity contribution in [1.29, 1.82) is 0 Å². The summed E-state index contributed by atoms with van der Waals surface area (Å²) in [5.41, 5.74) is 8.38. The highest BCUT2D eigenvalue weighted by atomic mass is 16.4. The first-order chi connectivity index (χ1) is 20.5. The van der Waals surface area contributed by atoms with Gasteiger partial charge in [0.15, 0.2) is 0 Å². The molecule has 5 aromatic rings. The lowest BCUT2D eigenvalue weighted by molar-refractivity contribution is -0.131. The number of aromatic nitrogens is 1. The van der Waals surface area contributed by atoms with E-state index < -0.39 is 11.8 Å². The van der Waals surface area contributed by atoms with Gasteiger partial charge in [0, 0.05) is 35.9 Å². The molecule has 0 aliphatic heterocycles. The van der Waals surface area contributed by atoms with Gasteiger partial charge in [-0.15, -0.1) is 0 Å². The van der Waals surface area contributed by atoms with E-state index in [0.29, 0.717) is 5.39 Å². The summed E-state index contributed by atoms with van der Waals surface area (Å²) in [5.74, 6) is -2.28. The van der Waals surface area contributed by atoms with Crippen LogP contribution in [0, 0.1) is 0 Å². The molecule has 42 heavy (non-hydrogen) atoms. The van der Waals surface area contributed by atoms with E-state index in [1.807, 2.05) is 34.9 Å². The summed E-state index contributed by atoms with van der Waals surface area (Å²) in [7, 11) is 0. The number of rotatable bonds is 13. The third-order valence-electron chi connectivity index (χ3n) is 7.70. The highest BCUT2D eigenvalue weighted by Crippen LogP contribution is 2.32. The first-order valence-electron chi connectivity index (χ1n) is 14.5. The van der Waals surface area contributed by atoms with Gasteiger partial charge in [0.2, 0.25) is 0 Å². The fourth-order valence-corrected chi connectivity index (χ4v) is 5.51. The maximum Gasteiger partial charge on any atom is 0.377 e. The van der Waals surface area contributed by atoms with Gasteiger partial charge in [-0.2, -0.15) is 0 Å². The molecular weight excluding hydrogens is 520 g/mol. The van der Waals surface area contributed by atoms with E-state index in [4.69, 9.17) is 5.11 Å². The molecular formula is C37H36N2O3. The van der Waals surface area contributed by atoms with Gasteiger partial charge in [-0.05, 0) is 65.8 Å². The maximum absolute atomic E-state index is 12.1. The van der Waals surface area contributed by atoms with Crippen molar-refractivity contribution in [1.82, 2.24) is 4.57 Å². The van der Waals surface area contributed by atoms with Crippen molar-refractivity contribution in [3.63, 3.8) is 0 Å². The Kier molecular flexibility index (Phi) is 9.30. The van der Waals surface area contributed by atoms with Gasteiger partial charge >= 0.3 is 5.97 Å². The smallest absolute Gasteiger partial charge is 0.377 e. The number of carbonyl (C=O) groups is 2. The number of aliphatic carboxylic acids is 1. The molecule has 5 rings (SSSR count). The van der Waals surface area contributed by atoms with Crippen LogP contribution in [0.15, 0.2) is 115 Å². The van der Waals surface area contributed by atoms with Crippen LogP contribution < -0.4 is 5.32 Å². The number of hydrogen-bond donors (Lipinski definition) is 2. The van der Waals surface area contributed by atoms with Gasteiger partial charge in [-0.1, -0.05) is 104 Å². The molecule has 0 bridgehead atoms. The fourth-order valence-electron chi connectivity index (χ4n) is 5.51. The minimum atomic E-state index is -1.42. The monoisotopic (exact) mass is 556 g/mol. The maximum atomic E-state index is 12.1. The number of Topliss-reactive ketones (excluding diaryl/α,β-unsaturated/α-hetero) is 1. The molecule has 0 aliphatic rings. The molecule has 0 atom stereocenters. The van der Waals surface area contributed by atoms with Crippen molar-refractivity contribution in [2.45, 2.75) is 39.2 Å². The van der Waals surface area contributed by atoms with E-state index in [-0.39, 0.29) is 5.56 Å². The van der Waals surface area contributed by atoms with Crippen LogP contribution in [-0.4, -0.2) is 28.0 Å². The fraction of sp³-hybridized carbons (Fsp3) is 0.189. The number of hydrogen-bond acceptors (Lipinski definition) is 3. The van der Waals surface area contributed by atoms with Gasteiger partial charge in [0.05, 0.1) is 5.56 Å². The third kappa shape index (κ3) is 6.69. The number of para-hydroxylation sites is 1. The summed E-state index contributed by atoms with van der Waals surface area (Å²) >= 11 is 0. The van der Waals surface area contributed by atoms with Crippen LogP contribution in [-0.2, 0) is 11.3 Å².